The Morgan fingerprint density at radius 2 is 1.77 bits per heavy atom. The van der Waals surface area contributed by atoms with E-state index in [2.05, 4.69) is 10.4 Å². The van der Waals surface area contributed by atoms with Crippen molar-refractivity contribution in [3.8, 4) is 5.75 Å². The summed E-state index contributed by atoms with van der Waals surface area (Å²) in [5.41, 5.74) is 6.22. The average Bonchev–Trinajstić information content (AvgIpc) is 3.37. The maximum Gasteiger partial charge on any atom is 0.347 e. The molecule has 12 heteroatoms. The van der Waals surface area contributed by atoms with Crippen molar-refractivity contribution in [3.05, 3.63) is 59.4 Å². The summed E-state index contributed by atoms with van der Waals surface area (Å²) in [5.74, 6) is -4.77. The maximum absolute atomic E-state index is 13.9. The van der Waals surface area contributed by atoms with Gasteiger partial charge in [0.2, 0.25) is 11.8 Å². The third kappa shape index (κ3) is 7.79. The molecule has 1 aliphatic heterocycles. The lowest BCUT2D eigenvalue weighted by atomic mass is 10.0. The van der Waals surface area contributed by atoms with E-state index in [9.17, 15) is 27.6 Å². The molecule has 3 rings (SSSR count). The van der Waals surface area contributed by atoms with Gasteiger partial charge in [0, 0.05) is 42.8 Å². The fourth-order valence-electron chi connectivity index (χ4n) is 3.93. The molecule has 39 heavy (non-hydrogen) atoms. The fraction of sp³-hybridized carbons (Fsp3) is 0.407. The van der Waals surface area contributed by atoms with Crippen LogP contribution in [0, 0.1) is 23.4 Å². The highest BCUT2D eigenvalue weighted by Crippen LogP contribution is 2.22. The van der Waals surface area contributed by atoms with E-state index in [-0.39, 0.29) is 37.4 Å². The number of esters is 1. The van der Waals surface area contributed by atoms with Crippen LogP contribution in [0.3, 0.4) is 0 Å². The first-order chi connectivity index (χ1) is 18.5. The number of nitrogens with two attached hydrogens (primary N) is 1. The van der Waals surface area contributed by atoms with Crippen molar-refractivity contribution < 1.29 is 37.0 Å². The number of nitrogens with one attached hydrogen (secondary N) is 1. The zero-order valence-corrected chi connectivity index (χ0v) is 21.8. The summed E-state index contributed by atoms with van der Waals surface area (Å²) >= 11 is 0. The molecule has 0 bridgehead atoms. The number of ether oxygens (including phenoxy) is 2. The number of carbonyl (C=O) groups is 3. The summed E-state index contributed by atoms with van der Waals surface area (Å²) in [6, 6.07) is 5.63. The molecule has 2 aromatic carbocycles. The molecular weight excluding hydrogens is 517 g/mol. The van der Waals surface area contributed by atoms with E-state index in [0.29, 0.717) is 23.6 Å². The van der Waals surface area contributed by atoms with Crippen molar-refractivity contribution in [2.75, 3.05) is 11.9 Å². The van der Waals surface area contributed by atoms with E-state index < -0.39 is 53.4 Å². The van der Waals surface area contributed by atoms with Crippen LogP contribution >= 0.6 is 0 Å². The zero-order valence-electron chi connectivity index (χ0n) is 21.8. The maximum atomic E-state index is 13.9. The van der Waals surface area contributed by atoms with Crippen LogP contribution in [-0.2, 0) is 25.5 Å². The van der Waals surface area contributed by atoms with E-state index in [0.717, 1.165) is 5.01 Å². The van der Waals surface area contributed by atoms with Gasteiger partial charge in [-0.25, -0.2) is 23.0 Å². The SMILES string of the molecule is CCOC(=O)[C@H](Oc1ccc(NC(=O)C2CC=NN2C(=O)C[C@H](N)Cc2cc(F)c(F)cc2F)cc1)C(C)C. The van der Waals surface area contributed by atoms with Gasteiger partial charge >= 0.3 is 5.97 Å². The number of carbonyl (C=O) groups excluding carboxylic acids is 3. The van der Waals surface area contributed by atoms with Crippen molar-refractivity contribution in [1.82, 2.24) is 5.01 Å². The van der Waals surface area contributed by atoms with Gasteiger partial charge in [0.05, 0.1) is 6.61 Å². The van der Waals surface area contributed by atoms with Crippen LogP contribution in [0.2, 0.25) is 0 Å². The topological polar surface area (TPSA) is 123 Å². The van der Waals surface area contributed by atoms with Gasteiger partial charge in [0.25, 0.3) is 0 Å². The largest absolute Gasteiger partial charge is 0.478 e. The summed E-state index contributed by atoms with van der Waals surface area (Å²) in [5, 5.41) is 7.68. The molecule has 2 amide bonds. The van der Waals surface area contributed by atoms with Gasteiger partial charge in [-0.1, -0.05) is 13.8 Å². The molecule has 3 atom stereocenters. The number of halogens is 3. The molecule has 0 saturated carbocycles. The quantitative estimate of drug-likeness (QED) is 0.327. The Kier molecular flexibility index (Phi) is 10.0. The number of amides is 2. The molecule has 0 radical (unpaired) electrons. The predicted molar refractivity (Wildman–Crippen MR) is 137 cm³/mol. The molecule has 0 aliphatic carbocycles. The van der Waals surface area contributed by atoms with Gasteiger partial charge in [-0.05, 0) is 49.2 Å². The third-order valence-electron chi connectivity index (χ3n) is 5.91. The van der Waals surface area contributed by atoms with Crippen molar-refractivity contribution in [3.63, 3.8) is 0 Å². The van der Waals surface area contributed by atoms with Crippen molar-refractivity contribution in [2.45, 2.75) is 58.2 Å². The number of benzene rings is 2. The minimum Gasteiger partial charge on any atom is -0.478 e. The molecule has 0 spiro atoms. The van der Waals surface area contributed by atoms with Gasteiger partial charge in [-0.15, -0.1) is 0 Å². The van der Waals surface area contributed by atoms with Gasteiger partial charge < -0.3 is 20.5 Å². The lowest BCUT2D eigenvalue weighted by Crippen LogP contribution is -2.43. The van der Waals surface area contributed by atoms with Crippen LogP contribution in [0.1, 0.15) is 39.2 Å². The number of hydrogen-bond donors (Lipinski definition) is 2. The minimum absolute atomic E-state index is 0.127. The first-order valence-corrected chi connectivity index (χ1v) is 12.5. The number of nitrogens with zero attached hydrogens (tertiary/aromatic N) is 2. The number of anilines is 1. The summed E-state index contributed by atoms with van der Waals surface area (Å²) in [4.78, 5) is 37.8. The van der Waals surface area contributed by atoms with E-state index in [1.165, 1.54) is 6.21 Å². The van der Waals surface area contributed by atoms with Crippen LogP contribution in [0.4, 0.5) is 18.9 Å². The summed E-state index contributed by atoms with van der Waals surface area (Å²) in [7, 11) is 0. The average molecular weight is 549 g/mol. The molecule has 3 N–H and O–H groups in total. The van der Waals surface area contributed by atoms with E-state index in [1.807, 2.05) is 13.8 Å². The standard InChI is InChI=1S/C27H31F3N4O5/c1-4-38-27(37)25(15(2)3)39-19-7-5-18(6-8-19)33-26(36)23-9-10-32-34(23)24(35)13-17(31)11-16-12-21(29)22(30)14-20(16)28/h5-8,10,12,14-15,17,23,25H,4,9,11,13,31H2,1-3H3,(H,33,36)/t17-,23?,25-/m1/s1. The zero-order chi connectivity index (χ0) is 28.7. The number of rotatable bonds is 11. The second-order valence-corrected chi connectivity index (χ2v) is 9.36. The second-order valence-electron chi connectivity index (χ2n) is 9.36. The summed E-state index contributed by atoms with van der Waals surface area (Å²) in [6.07, 6.45) is 0.280. The highest BCUT2D eigenvalue weighted by atomic mass is 19.2. The second kappa shape index (κ2) is 13.2. The smallest absolute Gasteiger partial charge is 0.347 e. The molecule has 1 unspecified atom stereocenters. The fourth-order valence-corrected chi connectivity index (χ4v) is 3.93. The van der Waals surface area contributed by atoms with E-state index in [4.69, 9.17) is 15.2 Å². The molecule has 0 saturated heterocycles. The van der Waals surface area contributed by atoms with Gasteiger partial charge in [-0.2, -0.15) is 5.10 Å². The monoisotopic (exact) mass is 548 g/mol. The van der Waals surface area contributed by atoms with Gasteiger partial charge in [0.15, 0.2) is 17.7 Å². The molecule has 9 nitrogen and oxygen atoms in total. The van der Waals surface area contributed by atoms with Gasteiger partial charge in [0.1, 0.15) is 17.6 Å². The van der Waals surface area contributed by atoms with Crippen LogP contribution < -0.4 is 15.8 Å². The Balaban J connectivity index is 1.57. The number of hydrogen-bond acceptors (Lipinski definition) is 7. The Morgan fingerprint density at radius 3 is 2.41 bits per heavy atom. The number of hydrazone groups is 1. The first-order valence-electron chi connectivity index (χ1n) is 12.5. The molecule has 210 valence electrons. The highest BCUT2D eigenvalue weighted by molar-refractivity contribution is 5.99. The van der Waals surface area contributed by atoms with Crippen LogP contribution in [-0.4, -0.2) is 53.8 Å². The van der Waals surface area contributed by atoms with Crippen molar-refractivity contribution in [2.24, 2.45) is 16.8 Å². The van der Waals surface area contributed by atoms with E-state index in [1.54, 1.807) is 31.2 Å². The molecule has 0 fully saturated rings. The van der Waals surface area contributed by atoms with Crippen molar-refractivity contribution in [1.29, 1.82) is 0 Å². The Hall–Kier alpha value is -3.93. The highest BCUT2D eigenvalue weighted by Gasteiger charge is 2.33. The predicted octanol–water partition coefficient (Wildman–Crippen LogP) is 3.56. The molecule has 1 heterocycles. The molecule has 2 aromatic rings. The molecule has 1 aliphatic rings. The Morgan fingerprint density at radius 1 is 1.10 bits per heavy atom. The van der Waals surface area contributed by atoms with E-state index >= 15 is 0 Å². The normalized spacial score (nSPS) is 16.2. The minimum atomic E-state index is -1.32. The lowest BCUT2D eigenvalue weighted by Gasteiger charge is -2.23. The van der Waals surface area contributed by atoms with Crippen LogP contribution in [0.25, 0.3) is 0 Å². The van der Waals surface area contributed by atoms with Crippen LogP contribution in [0.15, 0.2) is 41.5 Å². The summed E-state index contributed by atoms with van der Waals surface area (Å²) < 4.78 is 51.4. The molecule has 0 aromatic heterocycles. The van der Waals surface area contributed by atoms with Gasteiger partial charge in [-0.3, -0.25) is 9.59 Å². The Bertz CT molecular complexity index is 1220. The van der Waals surface area contributed by atoms with Crippen LogP contribution in [0.5, 0.6) is 5.75 Å². The summed E-state index contributed by atoms with van der Waals surface area (Å²) in [6.45, 7) is 5.61. The lowest BCUT2D eigenvalue weighted by molar-refractivity contribution is -0.153. The van der Waals surface area contributed by atoms with Crippen molar-refractivity contribution >= 4 is 29.7 Å². The third-order valence-corrected chi connectivity index (χ3v) is 5.91. The molecular formula is C27H31F3N4O5. The Labute approximate surface area is 224 Å². The first kappa shape index (κ1) is 29.6.